The number of hydrogen-bond acceptors (Lipinski definition) is 1. The van der Waals surface area contributed by atoms with Gasteiger partial charge in [-0.15, -0.1) is 0 Å². The van der Waals surface area contributed by atoms with E-state index < -0.39 is 0 Å². The Morgan fingerprint density at radius 3 is 2.12 bits per heavy atom. The van der Waals surface area contributed by atoms with Gasteiger partial charge in [0, 0.05) is 20.5 Å². The van der Waals surface area contributed by atoms with Gasteiger partial charge < -0.3 is 5.73 Å². The van der Waals surface area contributed by atoms with Gasteiger partial charge in [0.15, 0.2) is 0 Å². The zero-order valence-corrected chi connectivity index (χ0v) is 10.2. The van der Waals surface area contributed by atoms with Crippen LogP contribution in [-0.4, -0.2) is 25.3 Å². The van der Waals surface area contributed by atoms with E-state index >= 15 is 0 Å². The average Bonchev–Trinajstić information content (AvgIpc) is 1.59. The van der Waals surface area contributed by atoms with Crippen LogP contribution in [0, 0.1) is 0 Å². The van der Waals surface area contributed by atoms with E-state index in [4.69, 9.17) is 5.73 Å². The third-order valence-corrected chi connectivity index (χ3v) is 2.17. The second-order valence-corrected chi connectivity index (χ2v) is 9.66. The molecule has 0 spiro atoms. The first-order valence-corrected chi connectivity index (χ1v) is 5.35. The standard InChI is InChI=1S/C5H17NSi2/c1-2-3-4-5(6,7)8/h2-4,6H2,1,7-8H3. The molecule has 3 heteroatoms. The molecule has 0 aliphatic carbocycles. The van der Waals surface area contributed by atoms with Gasteiger partial charge in [-0.25, -0.2) is 0 Å². The first kappa shape index (κ1) is 8.39. The van der Waals surface area contributed by atoms with E-state index in [2.05, 4.69) is 6.92 Å². The summed E-state index contributed by atoms with van der Waals surface area (Å²) in [5.41, 5.74) is 5.84. The zero-order valence-electron chi connectivity index (χ0n) is 6.20. The van der Waals surface area contributed by atoms with Crippen molar-refractivity contribution >= 4 is 20.5 Å². The molecule has 0 rings (SSSR count). The maximum atomic E-state index is 5.84. The average molecular weight is 147 g/mol. The zero-order chi connectivity index (χ0) is 6.62. The molecule has 1 nitrogen and oxygen atoms in total. The van der Waals surface area contributed by atoms with Crippen molar-refractivity contribution < 1.29 is 0 Å². The van der Waals surface area contributed by atoms with E-state index in [9.17, 15) is 0 Å². The summed E-state index contributed by atoms with van der Waals surface area (Å²) in [6.45, 7) is 2.22. The van der Waals surface area contributed by atoms with Crippen LogP contribution in [0.1, 0.15) is 26.2 Å². The van der Waals surface area contributed by atoms with E-state index in [1.165, 1.54) is 39.7 Å². The molecule has 0 aliphatic heterocycles. The molecule has 0 heterocycles. The second kappa shape index (κ2) is 3.43. The fourth-order valence-corrected chi connectivity index (χ4v) is 1.34. The SMILES string of the molecule is CCCCC(N)([SiH3])[SiH3]. The van der Waals surface area contributed by atoms with E-state index in [0.717, 1.165) is 0 Å². The van der Waals surface area contributed by atoms with Crippen molar-refractivity contribution in [2.45, 2.75) is 31.0 Å². The van der Waals surface area contributed by atoms with Crippen LogP contribution in [-0.2, 0) is 0 Å². The quantitative estimate of drug-likeness (QED) is 0.484. The van der Waals surface area contributed by atoms with E-state index in [0.29, 0.717) is 4.79 Å². The van der Waals surface area contributed by atoms with Crippen LogP contribution in [0.4, 0.5) is 0 Å². The monoisotopic (exact) mass is 147 g/mol. The summed E-state index contributed by atoms with van der Waals surface area (Å²) in [6.07, 6.45) is 3.88. The van der Waals surface area contributed by atoms with Crippen LogP contribution in [0.25, 0.3) is 0 Å². The minimum absolute atomic E-state index is 0.329. The molecule has 2 N–H and O–H groups in total. The minimum atomic E-state index is 0.329. The smallest absolute Gasteiger partial charge is 0.0227 e. The third kappa shape index (κ3) is 6.39. The van der Waals surface area contributed by atoms with Crippen LogP contribution in [0.5, 0.6) is 0 Å². The molecule has 8 heavy (non-hydrogen) atoms. The third-order valence-electron chi connectivity index (χ3n) is 1.17. The van der Waals surface area contributed by atoms with Crippen LogP contribution in [0.15, 0.2) is 0 Å². The lowest BCUT2D eigenvalue weighted by Gasteiger charge is -2.16. The Balaban J connectivity index is 3.11. The van der Waals surface area contributed by atoms with Gasteiger partial charge in [0.25, 0.3) is 0 Å². The molecule has 0 aliphatic rings. The number of hydrogen-bond donors (Lipinski definition) is 1. The van der Waals surface area contributed by atoms with E-state index in [1.54, 1.807) is 0 Å². The van der Waals surface area contributed by atoms with Crippen molar-refractivity contribution in [1.29, 1.82) is 0 Å². The van der Waals surface area contributed by atoms with Crippen molar-refractivity contribution in [3.05, 3.63) is 0 Å². The molecule has 0 aromatic rings. The number of rotatable bonds is 3. The largest absolute Gasteiger partial charge is 0.332 e. The van der Waals surface area contributed by atoms with Gasteiger partial charge in [-0.05, 0) is 11.2 Å². The van der Waals surface area contributed by atoms with E-state index in [1.807, 2.05) is 0 Å². The van der Waals surface area contributed by atoms with Crippen molar-refractivity contribution in [1.82, 2.24) is 0 Å². The normalized spacial score (nSPS) is 18.8. The van der Waals surface area contributed by atoms with Gasteiger partial charge in [-0.3, -0.25) is 0 Å². The molecule has 0 radical (unpaired) electrons. The Morgan fingerprint density at radius 2 is 2.00 bits per heavy atom. The lowest BCUT2D eigenvalue weighted by Crippen LogP contribution is -2.40. The molecular weight excluding hydrogens is 130 g/mol. The van der Waals surface area contributed by atoms with Crippen molar-refractivity contribution in [2.24, 2.45) is 5.73 Å². The Bertz CT molecular complexity index is 57.9. The highest BCUT2D eigenvalue weighted by Gasteiger charge is 2.07. The predicted octanol–water partition coefficient (Wildman–Crippen LogP) is -1.48. The summed E-state index contributed by atoms with van der Waals surface area (Å²) >= 11 is 0. The molecule has 0 bridgehead atoms. The highest BCUT2D eigenvalue weighted by Crippen LogP contribution is 2.01. The van der Waals surface area contributed by atoms with E-state index in [-0.39, 0.29) is 0 Å². The fourth-order valence-electron chi connectivity index (χ4n) is 0.632. The molecule has 0 saturated heterocycles. The lowest BCUT2D eigenvalue weighted by atomic mass is 10.2. The fraction of sp³-hybridized carbons (Fsp3) is 1.00. The molecular formula is C5H17NSi2. The maximum absolute atomic E-state index is 5.84. The van der Waals surface area contributed by atoms with Crippen LogP contribution < -0.4 is 5.73 Å². The summed E-state index contributed by atoms with van der Waals surface area (Å²) in [4.78, 5) is 0.329. The Morgan fingerprint density at radius 1 is 1.50 bits per heavy atom. The molecule has 0 fully saturated rings. The van der Waals surface area contributed by atoms with Gasteiger partial charge in [-0.2, -0.15) is 0 Å². The summed E-state index contributed by atoms with van der Waals surface area (Å²) in [7, 11) is 2.36. The summed E-state index contributed by atoms with van der Waals surface area (Å²) in [5.74, 6) is 0. The van der Waals surface area contributed by atoms with Gasteiger partial charge in [0.1, 0.15) is 0 Å². The first-order chi connectivity index (χ1) is 3.56. The molecule has 0 saturated carbocycles. The molecule has 0 aromatic heterocycles. The van der Waals surface area contributed by atoms with Crippen molar-refractivity contribution in [3.8, 4) is 0 Å². The summed E-state index contributed by atoms with van der Waals surface area (Å²) in [5, 5.41) is 0. The van der Waals surface area contributed by atoms with Gasteiger partial charge in [0.05, 0.1) is 0 Å². The number of unbranched alkanes of at least 4 members (excludes halogenated alkanes) is 1. The highest BCUT2D eigenvalue weighted by atomic mass is 28.2. The van der Waals surface area contributed by atoms with Crippen LogP contribution >= 0.6 is 0 Å². The summed E-state index contributed by atoms with van der Waals surface area (Å²) in [6, 6.07) is 0. The Labute approximate surface area is 57.9 Å². The van der Waals surface area contributed by atoms with Gasteiger partial charge >= 0.3 is 0 Å². The second-order valence-electron chi connectivity index (χ2n) is 3.09. The van der Waals surface area contributed by atoms with Crippen LogP contribution in [0.3, 0.4) is 0 Å². The highest BCUT2D eigenvalue weighted by molar-refractivity contribution is 6.39. The van der Waals surface area contributed by atoms with Crippen LogP contribution in [0.2, 0.25) is 0 Å². The van der Waals surface area contributed by atoms with Gasteiger partial charge in [0.2, 0.25) is 0 Å². The molecule has 0 atom stereocenters. The Hall–Kier alpha value is 0.394. The number of nitrogens with two attached hydrogens (primary N) is 1. The topological polar surface area (TPSA) is 26.0 Å². The molecule has 0 aromatic carbocycles. The summed E-state index contributed by atoms with van der Waals surface area (Å²) < 4.78 is 0. The minimum Gasteiger partial charge on any atom is -0.332 e. The predicted molar refractivity (Wildman–Crippen MR) is 46.3 cm³/mol. The maximum Gasteiger partial charge on any atom is 0.0227 e. The molecule has 0 unspecified atom stereocenters. The first-order valence-electron chi connectivity index (χ1n) is 3.35. The molecule has 0 amide bonds. The van der Waals surface area contributed by atoms with Gasteiger partial charge in [-0.1, -0.05) is 19.8 Å². The van der Waals surface area contributed by atoms with Crippen molar-refractivity contribution in [2.75, 3.05) is 0 Å². The van der Waals surface area contributed by atoms with Crippen molar-refractivity contribution in [3.63, 3.8) is 0 Å². The molecule has 50 valence electrons. The Kier molecular flexibility index (Phi) is 3.59. The lowest BCUT2D eigenvalue weighted by molar-refractivity contribution is 0.651.